The summed E-state index contributed by atoms with van der Waals surface area (Å²) in [7, 11) is 3.48. The minimum Gasteiger partial charge on any atom is -0.508 e. The Morgan fingerprint density at radius 1 is 1.06 bits per heavy atom. The fourth-order valence-corrected chi connectivity index (χ4v) is 5.45. The molecule has 1 saturated carbocycles. The number of anilines is 1. The molecule has 33 heavy (non-hydrogen) atoms. The van der Waals surface area contributed by atoms with E-state index in [0.29, 0.717) is 11.3 Å². The number of hydrogen-bond acceptors (Lipinski definition) is 9. The number of phenolic OH excluding ortho intramolecular Hbond substituents is 1. The first-order chi connectivity index (χ1) is 15.3. The average Bonchev–Trinajstić information content (AvgIpc) is 2.70. The Hall–Kier alpha value is -3.46. The normalized spacial score (nSPS) is 26.6. The first-order valence-electron chi connectivity index (χ1n) is 10.6. The van der Waals surface area contributed by atoms with Crippen molar-refractivity contribution in [3.05, 3.63) is 39.7 Å². The van der Waals surface area contributed by atoms with E-state index in [4.69, 9.17) is 0 Å². The van der Waals surface area contributed by atoms with E-state index >= 15 is 0 Å². The Morgan fingerprint density at radius 3 is 2.24 bits per heavy atom. The van der Waals surface area contributed by atoms with E-state index in [1.807, 2.05) is 0 Å². The second-order valence-corrected chi connectivity index (χ2v) is 9.19. The number of rotatable bonds is 3. The second-order valence-electron chi connectivity index (χ2n) is 9.19. The molecular formula is C24H25NO8. The number of benzene rings is 1. The smallest absolute Gasteiger partial charge is 0.202 e. The van der Waals surface area contributed by atoms with Crippen LogP contribution in [0.1, 0.15) is 48.2 Å². The minimum absolute atomic E-state index is 0.0345. The number of carbonyl (C=O) groups is 4. The van der Waals surface area contributed by atoms with Gasteiger partial charge in [-0.05, 0) is 44.2 Å². The van der Waals surface area contributed by atoms with Gasteiger partial charge in [0.2, 0.25) is 5.78 Å². The molecule has 9 nitrogen and oxygen atoms in total. The summed E-state index contributed by atoms with van der Waals surface area (Å²) in [6, 6.07) is 1.52. The molecule has 3 atom stereocenters. The van der Waals surface area contributed by atoms with Gasteiger partial charge < -0.3 is 25.3 Å². The van der Waals surface area contributed by atoms with Crippen LogP contribution in [0.3, 0.4) is 0 Å². The summed E-state index contributed by atoms with van der Waals surface area (Å²) >= 11 is 0. The molecule has 3 aliphatic rings. The van der Waals surface area contributed by atoms with Crippen LogP contribution in [0, 0.1) is 11.8 Å². The third-order valence-electron chi connectivity index (χ3n) is 7.01. The van der Waals surface area contributed by atoms with Gasteiger partial charge in [0.15, 0.2) is 23.0 Å². The van der Waals surface area contributed by atoms with Crippen molar-refractivity contribution in [1.29, 1.82) is 0 Å². The number of phenols is 1. The molecule has 4 N–H and O–H groups in total. The van der Waals surface area contributed by atoms with Crippen LogP contribution in [0.25, 0.3) is 5.76 Å². The minimum atomic E-state index is -2.54. The van der Waals surface area contributed by atoms with Gasteiger partial charge in [-0.3, -0.25) is 19.2 Å². The maximum Gasteiger partial charge on any atom is 0.202 e. The third kappa shape index (κ3) is 2.95. The lowest BCUT2D eigenvalue weighted by Crippen LogP contribution is -2.57. The summed E-state index contributed by atoms with van der Waals surface area (Å²) < 4.78 is 0. The van der Waals surface area contributed by atoms with Crippen LogP contribution >= 0.6 is 0 Å². The Bertz CT molecular complexity index is 1220. The number of fused-ring (bicyclic) bond motifs is 3. The molecule has 1 fully saturated rings. The molecule has 0 aliphatic heterocycles. The van der Waals surface area contributed by atoms with E-state index < -0.39 is 63.4 Å². The lowest BCUT2D eigenvalue weighted by atomic mass is 9.59. The van der Waals surface area contributed by atoms with Gasteiger partial charge in [0.1, 0.15) is 22.8 Å². The molecule has 0 bridgehead atoms. The van der Waals surface area contributed by atoms with Crippen LogP contribution in [0.5, 0.6) is 5.75 Å². The second kappa shape index (κ2) is 7.28. The van der Waals surface area contributed by atoms with E-state index in [-0.39, 0.29) is 36.0 Å². The molecule has 0 aromatic heterocycles. The summed E-state index contributed by atoms with van der Waals surface area (Å²) in [5.74, 6) is -6.51. The SMILES string of the molecule is CC(=O)C1=C(O)[C@@]2(O)C(=O)C3=C(O)c4c(O)c(C(C)=O)cc(N(C)C)c4C[C@H]3C[C@H]2CC1=O. The highest BCUT2D eigenvalue weighted by Gasteiger charge is 2.60. The highest BCUT2D eigenvalue weighted by Crippen LogP contribution is 2.53. The molecule has 0 saturated heterocycles. The molecule has 174 valence electrons. The largest absolute Gasteiger partial charge is 0.508 e. The molecule has 0 radical (unpaired) electrons. The molecule has 1 aromatic carbocycles. The fraction of sp³-hybridized carbons (Fsp3) is 0.417. The maximum absolute atomic E-state index is 13.5. The fourth-order valence-electron chi connectivity index (χ4n) is 5.45. The number of aliphatic hydroxyl groups excluding tert-OH is 2. The summed E-state index contributed by atoms with van der Waals surface area (Å²) in [6.45, 7) is 2.32. The van der Waals surface area contributed by atoms with E-state index in [1.54, 1.807) is 19.0 Å². The van der Waals surface area contributed by atoms with Gasteiger partial charge >= 0.3 is 0 Å². The Labute approximate surface area is 189 Å². The monoisotopic (exact) mass is 455 g/mol. The van der Waals surface area contributed by atoms with Gasteiger partial charge in [0, 0.05) is 37.7 Å². The maximum atomic E-state index is 13.5. The Kier molecular flexibility index (Phi) is 5.01. The molecule has 0 heterocycles. The Balaban J connectivity index is 1.99. The van der Waals surface area contributed by atoms with Crippen molar-refractivity contribution < 1.29 is 39.6 Å². The number of ketones is 4. The van der Waals surface area contributed by atoms with E-state index in [1.165, 1.54) is 13.0 Å². The quantitative estimate of drug-likeness (QED) is 0.395. The van der Waals surface area contributed by atoms with Crippen LogP contribution < -0.4 is 4.90 Å². The molecule has 0 unspecified atom stereocenters. The van der Waals surface area contributed by atoms with Crippen LogP contribution in [0.4, 0.5) is 5.69 Å². The number of aliphatic hydroxyl groups is 3. The summed E-state index contributed by atoms with van der Waals surface area (Å²) in [5.41, 5.74) is -2.36. The van der Waals surface area contributed by atoms with Gasteiger partial charge in [0.05, 0.1) is 11.1 Å². The molecule has 0 amide bonds. The first kappa shape index (κ1) is 22.7. The number of Topliss-reactive ketones (excluding diaryl/α,β-unsaturated/α-hetero) is 4. The molecule has 0 spiro atoms. The standard InChI is InChI=1S/C24H25NO8/c1-9(26)13-8-15(25(3)4)14-6-11-5-12-7-16(28)17(10(2)27)22(31)24(12,33)23(32)18(11)21(30)19(14)20(13)29/h8,11-12,29-31,33H,5-7H2,1-4H3/t11-,12+,24-/m1/s1. The van der Waals surface area contributed by atoms with Gasteiger partial charge in [-0.2, -0.15) is 0 Å². The highest BCUT2D eigenvalue weighted by molar-refractivity contribution is 6.23. The van der Waals surface area contributed by atoms with E-state index in [0.717, 1.165) is 6.92 Å². The summed E-state index contributed by atoms with van der Waals surface area (Å²) in [6.07, 6.45) is -0.0115. The third-order valence-corrected chi connectivity index (χ3v) is 7.01. The van der Waals surface area contributed by atoms with Crippen molar-refractivity contribution in [2.75, 3.05) is 19.0 Å². The summed E-state index contributed by atoms with van der Waals surface area (Å²) in [4.78, 5) is 51.7. The van der Waals surface area contributed by atoms with Gasteiger partial charge in [-0.1, -0.05) is 0 Å². The molecular weight excluding hydrogens is 430 g/mol. The number of hydrogen-bond donors (Lipinski definition) is 4. The van der Waals surface area contributed by atoms with Crippen LogP contribution in [0.2, 0.25) is 0 Å². The van der Waals surface area contributed by atoms with Crippen molar-refractivity contribution in [3.8, 4) is 5.75 Å². The van der Waals surface area contributed by atoms with Gasteiger partial charge in [0.25, 0.3) is 0 Å². The first-order valence-corrected chi connectivity index (χ1v) is 10.6. The Morgan fingerprint density at radius 2 is 1.70 bits per heavy atom. The zero-order valence-electron chi connectivity index (χ0n) is 18.7. The summed E-state index contributed by atoms with van der Waals surface area (Å²) in [5, 5.41) is 43.9. The number of allylic oxidation sites excluding steroid dienone is 1. The predicted octanol–water partition coefficient (Wildman–Crippen LogP) is 1.80. The number of carbonyl (C=O) groups excluding carboxylic acids is 4. The predicted molar refractivity (Wildman–Crippen MR) is 117 cm³/mol. The molecule has 1 aromatic rings. The molecule has 9 heteroatoms. The topological polar surface area (TPSA) is 152 Å². The highest BCUT2D eigenvalue weighted by atomic mass is 16.3. The van der Waals surface area contributed by atoms with Crippen LogP contribution in [-0.4, -0.2) is 63.3 Å². The molecule has 4 rings (SSSR count). The number of aromatic hydroxyl groups is 1. The van der Waals surface area contributed by atoms with Crippen LogP contribution in [0.15, 0.2) is 23.0 Å². The zero-order chi connectivity index (χ0) is 24.6. The van der Waals surface area contributed by atoms with Crippen molar-refractivity contribution in [3.63, 3.8) is 0 Å². The lowest BCUT2D eigenvalue weighted by molar-refractivity contribution is -0.147. The van der Waals surface area contributed by atoms with Crippen molar-refractivity contribution >= 4 is 34.6 Å². The zero-order valence-corrected chi connectivity index (χ0v) is 18.7. The van der Waals surface area contributed by atoms with Crippen molar-refractivity contribution in [2.45, 2.75) is 38.7 Å². The van der Waals surface area contributed by atoms with Crippen molar-refractivity contribution in [1.82, 2.24) is 0 Å². The average molecular weight is 455 g/mol. The lowest BCUT2D eigenvalue weighted by Gasteiger charge is -2.46. The van der Waals surface area contributed by atoms with E-state index in [2.05, 4.69) is 0 Å². The molecule has 3 aliphatic carbocycles. The van der Waals surface area contributed by atoms with E-state index in [9.17, 15) is 39.6 Å². The van der Waals surface area contributed by atoms with Gasteiger partial charge in [-0.25, -0.2) is 0 Å². The van der Waals surface area contributed by atoms with Gasteiger partial charge in [-0.15, -0.1) is 0 Å². The van der Waals surface area contributed by atoms with Crippen molar-refractivity contribution in [2.24, 2.45) is 11.8 Å². The number of nitrogens with zero attached hydrogens (tertiary/aromatic N) is 1. The van der Waals surface area contributed by atoms with Crippen LogP contribution in [-0.2, 0) is 20.8 Å².